The Morgan fingerprint density at radius 2 is 1.62 bits per heavy atom. The maximum absolute atomic E-state index is 13.3. The van der Waals surface area contributed by atoms with Crippen LogP contribution in [0.1, 0.15) is 32.3 Å². The molecular weight excluding hydrogens is 521 g/mol. The van der Waals surface area contributed by atoms with Crippen LogP contribution < -0.4 is 5.32 Å². The molecule has 1 unspecified atom stereocenters. The number of benzene rings is 2. The monoisotopic (exact) mass is 547 g/mol. The van der Waals surface area contributed by atoms with E-state index in [0.29, 0.717) is 27.2 Å². The molecule has 34 heavy (non-hydrogen) atoms. The average Bonchev–Trinajstić information content (AvgIpc) is 2.78. The first-order valence-corrected chi connectivity index (χ1v) is 13.3. The number of rotatable bonds is 11. The van der Waals surface area contributed by atoms with Gasteiger partial charge in [-0.25, -0.2) is 8.42 Å². The molecule has 1 N–H and O–H groups in total. The van der Waals surface area contributed by atoms with Crippen LogP contribution in [-0.4, -0.2) is 55.6 Å². The number of hydrogen-bond acceptors (Lipinski definition) is 4. The highest BCUT2D eigenvalue weighted by molar-refractivity contribution is 7.89. The van der Waals surface area contributed by atoms with E-state index in [-0.39, 0.29) is 17.3 Å². The van der Waals surface area contributed by atoms with Crippen molar-refractivity contribution in [2.75, 3.05) is 20.1 Å². The molecule has 2 aromatic carbocycles. The third-order valence-electron chi connectivity index (χ3n) is 5.27. The van der Waals surface area contributed by atoms with Gasteiger partial charge < -0.3 is 10.2 Å². The number of hydrogen-bond donors (Lipinski definition) is 1. The SMILES string of the molecule is CCCCNC(=O)C(C)N(Cc1c(Cl)cccc1Cl)C(=O)CN(C)S(=O)(=O)c1ccc(Cl)cc1. The van der Waals surface area contributed by atoms with Gasteiger partial charge in [-0.05, 0) is 49.7 Å². The van der Waals surface area contributed by atoms with Crippen molar-refractivity contribution in [1.29, 1.82) is 0 Å². The maximum Gasteiger partial charge on any atom is 0.243 e. The van der Waals surface area contributed by atoms with Gasteiger partial charge in [-0.2, -0.15) is 4.31 Å². The molecule has 2 aromatic rings. The highest BCUT2D eigenvalue weighted by atomic mass is 35.5. The Morgan fingerprint density at radius 3 is 2.18 bits per heavy atom. The smallest absolute Gasteiger partial charge is 0.243 e. The minimum absolute atomic E-state index is 0.00162. The lowest BCUT2D eigenvalue weighted by Gasteiger charge is -2.31. The standard InChI is InChI=1S/C23H28Cl3N3O4S/c1-4-5-13-27-23(31)16(2)29(14-19-20(25)7-6-8-21(19)26)22(30)15-28(3)34(32,33)18-11-9-17(24)10-12-18/h6-12,16H,4-5,13-15H2,1-3H3,(H,27,31). The number of halogens is 3. The molecule has 0 fully saturated rings. The van der Waals surface area contributed by atoms with E-state index < -0.39 is 28.5 Å². The number of carbonyl (C=O) groups is 2. The van der Waals surface area contributed by atoms with Crippen molar-refractivity contribution < 1.29 is 18.0 Å². The topological polar surface area (TPSA) is 86.8 Å². The summed E-state index contributed by atoms with van der Waals surface area (Å²) in [4.78, 5) is 27.3. The second kappa shape index (κ2) is 12.7. The van der Waals surface area contributed by atoms with Crippen LogP contribution in [0.5, 0.6) is 0 Å². The van der Waals surface area contributed by atoms with Gasteiger partial charge in [0.2, 0.25) is 21.8 Å². The summed E-state index contributed by atoms with van der Waals surface area (Å²) >= 11 is 18.4. The van der Waals surface area contributed by atoms with Crippen LogP contribution in [0.2, 0.25) is 15.1 Å². The maximum atomic E-state index is 13.3. The van der Waals surface area contributed by atoms with Crippen molar-refractivity contribution in [3.05, 3.63) is 63.1 Å². The number of carbonyl (C=O) groups excluding carboxylic acids is 2. The number of nitrogens with one attached hydrogen (secondary N) is 1. The van der Waals surface area contributed by atoms with Crippen LogP contribution >= 0.6 is 34.8 Å². The normalized spacial score (nSPS) is 12.4. The van der Waals surface area contributed by atoms with Gasteiger partial charge in [0.25, 0.3) is 0 Å². The minimum atomic E-state index is -3.96. The summed E-state index contributed by atoms with van der Waals surface area (Å²) < 4.78 is 26.8. The van der Waals surface area contributed by atoms with Crippen LogP contribution in [0.4, 0.5) is 0 Å². The summed E-state index contributed by atoms with van der Waals surface area (Å²) in [5.41, 5.74) is 0.468. The van der Waals surface area contributed by atoms with Crippen molar-refractivity contribution in [3.8, 4) is 0 Å². The first kappa shape index (κ1) is 28.4. The van der Waals surface area contributed by atoms with E-state index >= 15 is 0 Å². The van der Waals surface area contributed by atoms with Gasteiger partial charge in [-0.3, -0.25) is 9.59 Å². The molecule has 1 atom stereocenters. The van der Waals surface area contributed by atoms with Gasteiger partial charge in [-0.1, -0.05) is 54.2 Å². The number of nitrogens with zero attached hydrogens (tertiary/aromatic N) is 2. The lowest BCUT2D eigenvalue weighted by atomic mass is 10.1. The average molecular weight is 549 g/mol. The first-order valence-electron chi connectivity index (χ1n) is 10.7. The Balaban J connectivity index is 2.30. The molecule has 0 aromatic heterocycles. The van der Waals surface area contributed by atoms with Gasteiger partial charge in [0.15, 0.2) is 0 Å². The molecule has 0 radical (unpaired) electrons. The van der Waals surface area contributed by atoms with E-state index in [1.54, 1.807) is 25.1 Å². The van der Waals surface area contributed by atoms with Crippen molar-refractivity contribution in [2.45, 2.75) is 44.2 Å². The predicted molar refractivity (Wildman–Crippen MR) is 136 cm³/mol. The van der Waals surface area contributed by atoms with Gasteiger partial charge in [0.1, 0.15) is 6.04 Å². The third-order valence-corrected chi connectivity index (χ3v) is 8.04. The molecule has 0 aliphatic carbocycles. The van der Waals surface area contributed by atoms with Crippen LogP contribution in [0, 0.1) is 0 Å². The van der Waals surface area contributed by atoms with Crippen LogP contribution in [-0.2, 0) is 26.2 Å². The molecule has 11 heteroatoms. The van der Waals surface area contributed by atoms with Gasteiger partial charge in [0, 0.05) is 40.8 Å². The second-order valence-electron chi connectivity index (χ2n) is 7.76. The molecule has 0 aliphatic rings. The molecule has 0 heterocycles. The van der Waals surface area contributed by atoms with Crippen LogP contribution in [0.25, 0.3) is 0 Å². The molecule has 0 saturated heterocycles. The fourth-order valence-corrected chi connectivity index (χ4v) is 4.89. The molecular formula is C23H28Cl3N3O4S. The van der Waals surface area contributed by atoms with E-state index in [1.165, 1.54) is 36.2 Å². The summed E-state index contributed by atoms with van der Waals surface area (Å²) in [6.45, 7) is 3.51. The number of unbranched alkanes of at least 4 members (excludes halogenated alkanes) is 1. The van der Waals surface area contributed by atoms with Crippen LogP contribution in [0.3, 0.4) is 0 Å². The Morgan fingerprint density at radius 1 is 1.03 bits per heavy atom. The summed E-state index contributed by atoms with van der Waals surface area (Å²) in [6.07, 6.45) is 1.70. The molecule has 186 valence electrons. The Kier molecular flexibility index (Phi) is 10.6. The number of sulfonamides is 1. The summed E-state index contributed by atoms with van der Waals surface area (Å²) in [5, 5.41) is 3.88. The molecule has 0 spiro atoms. The molecule has 2 amide bonds. The highest BCUT2D eigenvalue weighted by Gasteiger charge is 2.31. The molecule has 0 saturated carbocycles. The van der Waals surface area contributed by atoms with Crippen molar-refractivity contribution in [2.24, 2.45) is 0 Å². The third kappa shape index (κ3) is 7.33. The van der Waals surface area contributed by atoms with Crippen molar-refractivity contribution >= 4 is 56.6 Å². The van der Waals surface area contributed by atoms with Crippen LogP contribution in [0.15, 0.2) is 47.4 Å². The van der Waals surface area contributed by atoms with Crippen molar-refractivity contribution in [3.63, 3.8) is 0 Å². The largest absolute Gasteiger partial charge is 0.354 e. The van der Waals surface area contributed by atoms with Crippen molar-refractivity contribution in [1.82, 2.24) is 14.5 Å². The zero-order valence-electron chi connectivity index (χ0n) is 19.2. The first-order chi connectivity index (χ1) is 16.0. The molecule has 7 nitrogen and oxygen atoms in total. The molecule has 0 aliphatic heterocycles. The highest BCUT2D eigenvalue weighted by Crippen LogP contribution is 2.27. The summed E-state index contributed by atoms with van der Waals surface area (Å²) in [5.74, 6) is -0.928. The Bertz CT molecular complexity index is 1090. The van der Waals surface area contributed by atoms with E-state index in [2.05, 4.69) is 5.32 Å². The fraction of sp³-hybridized carbons (Fsp3) is 0.391. The number of amides is 2. The summed E-state index contributed by atoms with van der Waals surface area (Å²) in [6, 6.07) is 9.70. The zero-order chi connectivity index (χ0) is 25.5. The Hall–Kier alpha value is -1.84. The fourth-order valence-electron chi connectivity index (χ4n) is 3.13. The van der Waals surface area contributed by atoms with E-state index in [9.17, 15) is 18.0 Å². The lowest BCUT2D eigenvalue weighted by molar-refractivity contribution is -0.140. The quantitative estimate of drug-likeness (QED) is 0.416. The predicted octanol–water partition coefficient (Wildman–Crippen LogP) is 4.60. The zero-order valence-corrected chi connectivity index (χ0v) is 22.3. The van der Waals surface area contributed by atoms with E-state index in [4.69, 9.17) is 34.8 Å². The molecule has 0 bridgehead atoms. The van der Waals surface area contributed by atoms with Gasteiger partial charge in [-0.15, -0.1) is 0 Å². The summed E-state index contributed by atoms with van der Waals surface area (Å²) in [7, 11) is -2.66. The Labute approximate surface area is 216 Å². The number of likely N-dealkylation sites (N-methyl/N-ethyl adjacent to an activating group) is 1. The lowest BCUT2D eigenvalue weighted by Crippen LogP contribution is -2.50. The van der Waals surface area contributed by atoms with E-state index in [0.717, 1.165) is 17.1 Å². The molecule has 2 rings (SSSR count). The minimum Gasteiger partial charge on any atom is -0.354 e. The van der Waals surface area contributed by atoms with E-state index in [1.807, 2.05) is 6.92 Å². The van der Waals surface area contributed by atoms with Gasteiger partial charge in [0.05, 0.1) is 11.4 Å². The van der Waals surface area contributed by atoms with Gasteiger partial charge >= 0.3 is 0 Å². The second-order valence-corrected chi connectivity index (χ2v) is 11.1.